The molecule has 0 fully saturated rings. The zero-order valence-electron chi connectivity index (χ0n) is 11.0. The molecule has 1 heterocycles. The van der Waals surface area contributed by atoms with Gasteiger partial charge in [0.25, 0.3) is 5.91 Å². The molecule has 1 aromatic carbocycles. The third-order valence-electron chi connectivity index (χ3n) is 2.65. The largest absolute Gasteiger partial charge is 0.494 e. The van der Waals surface area contributed by atoms with Crippen LogP contribution in [0, 0.1) is 0 Å². The van der Waals surface area contributed by atoms with E-state index < -0.39 is 11.9 Å². The summed E-state index contributed by atoms with van der Waals surface area (Å²) >= 11 is 3.21. The van der Waals surface area contributed by atoms with Gasteiger partial charge in [0.1, 0.15) is 5.75 Å². The van der Waals surface area contributed by atoms with Crippen molar-refractivity contribution in [1.82, 2.24) is 4.98 Å². The zero-order valence-corrected chi connectivity index (χ0v) is 12.5. The van der Waals surface area contributed by atoms with Crippen molar-refractivity contribution in [2.75, 3.05) is 12.4 Å². The van der Waals surface area contributed by atoms with Crippen LogP contribution in [0.25, 0.3) is 0 Å². The Kier molecular flexibility index (Phi) is 4.54. The van der Waals surface area contributed by atoms with Gasteiger partial charge in [-0.15, -0.1) is 0 Å². The molecule has 0 saturated heterocycles. The van der Waals surface area contributed by atoms with E-state index >= 15 is 0 Å². The average molecular weight is 351 g/mol. The molecule has 2 rings (SSSR count). The van der Waals surface area contributed by atoms with E-state index in [4.69, 9.17) is 9.84 Å². The molecular formula is C14H11BrN2O4. The number of anilines is 1. The first kappa shape index (κ1) is 15.0. The molecule has 108 valence electrons. The van der Waals surface area contributed by atoms with E-state index in [-0.39, 0.29) is 5.56 Å². The number of hydrogen-bond acceptors (Lipinski definition) is 4. The Hall–Kier alpha value is -2.41. The standard InChI is InChI=1S/C14H11BrN2O4/c1-21-12-7-16-3-2-11(12)13(18)17-10-5-8(14(19)20)4-9(15)6-10/h2-7H,1H3,(H,17,18)(H,19,20). The van der Waals surface area contributed by atoms with E-state index in [0.717, 1.165) is 0 Å². The highest BCUT2D eigenvalue weighted by atomic mass is 79.9. The summed E-state index contributed by atoms with van der Waals surface area (Å²) in [7, 11) is 1.44. The van der Waals surface area contributed by atoms with Gasteiger partial charge in [-0.3, -0.25) is 9.78 Å². The number of carbonyl (C=O) groups is 2. The van der Waals surface area contributed by atoms with E-state index in [0.29, 0.717) is 21.5 Å². The highest BCUT2D eigenvalue weighted by molar-refractivity contribution is 9.10. The third kappa shape index (κ3) is 3.57. The van der Waals surface area contributed by atoms with Gasteiger partial charge >= 0.3 is 5.97 Å². The minimum Gasteiger partial charge on any atom is -0.494 e. The molecule has 0 aliphatic heterocycles. The SMILES string of the molecule is COc1cnccc1C(=O)Nc1cc(Br)cc(C(=O)O)c1. The van der Waals surface area contributed by atoms with Crippen LogP contribution in [-0.4, -0.2) is 29.1 Å². The molecule has 0 spiro atoms. The molecule has 2 N–H and O–H groups in total. The number of aromatic carboxylic acids is 1. The molecule has 21 heavy (non-hydrogen) atoms. The highest BCUT2D eigenvalue weighted by Crippen LogP contribution is 2.22. The second kappa shape index (κ2) is 6.36. The van der Waals surface area contributed by atoms with Gasteiger partial charge in [-0.25, -0.2) is 4.79 Å². The summed E-state index contributed by atoms with van der Waals surface area (Å²) in [5.74, 6) is -1.15. The van der Waals surface area contributed by atoms with Crippen molar-refractivity contribution in [1.29, 1.82) is 0 Å². The normalized spacial score (nSPS) is 10.0. The highest BCUT2D eigenvalue weighted by Gasteiger charge is 2.13. The van der Waals surface area contributed by atoms with Crippen LogP contribution in [-0.2, 0) is 0 Å². The number of hydrogen-bond donors (Lipinski definition) is 2. The number of benzene rings is 1. The molecule has 0 bridgehead atoms. The van der Waals surface area contributed by atoms with Gasteiger partial charge in [-0.2, -0.15) is 0 Å². The second-order valence-corrected chi connectivity index (χ2v) is 4.98. The minimum absolute atomic E-state index is 0.0707. The summed E-state index contributed by atoms with van der Waals surface area (Å²) in [5, 5.41) is 11.6. The maximum Gasteiger partial charge on any atom is 0.335 e. The fourth-order valence-corrected chi connectivity index (χ4v) is 2.21. The number of ether oxygens (including phenoxy) is 1. The predicted octanol–water partition coefficient (Wildman–Crippen LogP) is 2.80. The molecule has 1 aromatic heterocycles. The van der Waals surface area contributed by atoms with Crippen LogP contribution in [0.1, 0.15) is 20.7 Å². The van der Waals surface area contributed by atoms with Crippen LogP contribution in [0.3, 0.4) is 0 Å². The number of halogens is 1. The lowest BCUT2D eigenvalue weighted by Gasteiger charge is -2.09. The first-order chi connectivity index (χ1) is 10.0. The number of nitrogens with one attached hydrogen (secondary N) is 1. The van der Waals surface area contributed by atoms with E-state index in [9.17, 15) is 9.59 Å². The number of carbonyl (C=O) groups excluding carboxylic acids is 1. The van der Waals surface area contributed by atoms with Gasteiger partial charge in [-0.05, 0) is 24.3 Å². The molecule has 0 aliphatic carbocycles. The summed E-state index contributed by atoms with van der Waals surface area (Å²) in [6.07, 6.45) is 2.90. The number of carboxylic acids is 1. The van der Waals surface area contributed by atoms with Crippen LogP contribution >= 0.6 is 15.9 Å². The van der Waals surface area contributed by atoms with E-state index in [1.807, 2.05) is 0 Å². The van der Waals surface area contributed by atoms with Gasteiger partial charge in [0, 0.05) is 16.4 Å². The van der Waals surface area contributed by atoms with Crippen molar-refractivity contribution in [2.45, 2.75) is 0 Å². The molecule has 6 nitrogen and oxygen atoms in total. The second-order valence-electron chi connectivity index (χ2n) is 4.06. The average Bonchev–Trinajstić information content (AvgIpc) is 2.46. The van der Waals surface area contributed by atoms with Gasteiger partial charge in [0.15, 0.2) is 0 Å². The topological polar surface area (TPSA) is 88.5 Å². The maximum atomic E-state index is 12.2. The lowest BCUT2D eigenvalue weighted by molar-refractivity contribution is 0.0696. The van der Waals surface area contributed by atoms with Crippen molar-refractivity contribution in [3.63, 3.8) is 0 Å². The molecule has 0 saturated carbocycles. The molecule has 0 unspecified atom stereocenters. The van der Waals surface area contributed by atoms with Gasteiger partial charge in [0.05, 0.1) is 24.4 Å². The molecular weight excluding hydrogens is 340 g/mol. The Morgan fingerprint density at radius 2 is 2.10 bits per heavy atom. The van der Waals surface area contributed by atoms with Gasteiger partial charge in [0.2, 0.25) is 0 Å². The van der Waals surface area contributed by atoms with Crippen molar-refractivity contribution in [2.24, 2.45) is 0 Å². The summed E-state index contributed by atoms with van der Waals surface area (Å²) in [6.45, 7) is 0. The number of rotatable bonds is 4. The number of carboxylic acid groups (broad SMARTS) is 1. The maximum absolute atomic E-state index is 12.2. The first-order valence-electron chi connectivity index (χ1n) is 5.84. The Morgan fingerprint density at radius 1 is 1.33 bits per heavy atom. The Labute approximate surface area is 128 Å². The van der Waals surface area contributed by atoms with Gasteiger partial charge < -0.3 is 15.2 Å². The van der Waals surface area contributed by atoms with E-state index in [1.165, 1.54) is 37.7 Å². The first-order valence-corrected chi connectivity index (χ1v) is 6.64. The lowest BCUT2D eigenvalue weighted by Crippen LogP contribution is -2.14. The number of methoxy groups -OCH3 is 1. The number of nitrogens with zero attached hydrogens (tertiary/aromatic N) is 1. The van der Waals surface area contributed by atoms with Crippen molar-refractivity contribution in [3.8, 4) is 5.75 Å². The molecule has 1 amide bonds. The summed E-state index contributed by atoms with van der Waals surface area (Å²) in [5.41, 5.74) is 0.747. The van der Waals surface area contributed by atoms with Gasteiger partial charge in [-0.1, -0.05) is 15.9 Å². The lowest BCUT2D eigenvalue weighted by atomic mass is 10.2. The zero-order chi connectivity index (χ0) is 15.4. The predicted molar refractivity (Wildman–Crippen MR) is 79.8 cm³/mol. The van der Waals surface area contributed by atoms with Crippen molar-refractivity contribution < 1.29 is 19.4 Å². The Balaban J connectivity index is 2.29. The van der Waals surface area contributed by atoms with Crippen molar-refractivity contribution >= 4 is 33.5 Å². The van der Waals surface area contributed by atoms with Crippen LogP contribution in [0.5, 0.6) is 5.75 Å². The molecule has 0 radical (unpaired) electrons. The number of aromatic nitrogens is 1. The fraction of sp³-hybridized carbons (Fsp3) is 0.0714. The monoisotopic (exact) mass is 350 g/mol. The minimum atomic E-state index is -1.08. The van der Waals surface area contributed by atoms with E-state index in [2.05, 4.69) is 26.2 Å². The summed E-state index contributed by atoms with van der Waals surface area (Å²) in [6, 6.07) is 5.95. The van der Waals surface area contributed by atoms with Crippen LogP contribution in [0.2, 0.25) is 0 Å². The number of amides is 1. The molecule has 0 atom stereocenters. The Bertz CT molecular complexity index is 703. The molecule has 7 heteroatoms. The summed E-state index contributed by atoms with van der Waals surface area (Å²) in [4.78, 5) is 27.1. The molecule has 0 aliphatic rings. The quantitative estimate of drug-likeness (QED) is 0.884. The molecule has 2 aromatic rings. The van der Waals surface area contributed by atoms with Crippen LogP contribution in [0.15, 0.2) is 41.1 Å². The summed E-state index contributed by atoms with van der Waals surface area (Å²) < 4.78 is 5.62. The van der Waals surface area contributed by atoms with Crippen LogP contribution in [0.4, 0.5) is 5.69 Å². The number of pyridine rings is 1. The smallest absolute Gasteiger partial charge is 0.335 e. The third-order valence-corrected chi connectivity index (χ3v) is 3.11. The van der Waals surface area contributed by atoms with Crippen molar-refractivity contribution in [3.05, 3.63) is 52.3 Å². The van der Waals surface area contributed by atoms with E-state index in [1.54, 1.807) is 6.07 Å². The fourth-order valence-electron chi connectivity index (χ4n) is 1.71. The Morgan fingerprint density at radius 3 is 2.76 bits per heavy atom. The van der Waals surface area contributed by atoms with Crippen LogP contribution < -0.4 is 10.1 Å².